The van der Waals surface area contributed by atoms with E-state index in [0.717, 1.165) is 5.56 Å². The van der Waals surface area contributed by atoms with Gasteiger partial charge >= 0.3 is 0 Å². The predicted molar refractivity (Wildman–Crippen MR) is 103 cm³/mol. The minimum atomic E-state index is -0.113. The zero-order chi connectivity index (χ0) is 16.2. The van der Waals surface area contributed by atoms with Gasteiger partial charge in [0, 0.05) is 22.5 Å². The number of benzene rings is 1. The van der Waals surface area contributed by atoms with Gasteiger partial charge in [-0.1, -0.05) is 28.9 Å². The molecule has 6 nitrogen and oxygen atoms in total. The molecule has 0 saturated heterocycles. The molecule has 8 heteroatoms. The molecular formula is C15H21ClIN5O. The summed E-state index contributed by atoms with van der Waals surface area (Å²) in [5.74, 6) is 1.44. The van der Waals surface area contributed by atoms with Gasteiger partial charge in [0.2, 0.25) is 11.7 Å². The van der Waals surface area contributed by atoms with Crippen molar-refractivity contribution in [3.05, 3.63) is 35.2 Å². The minimum Gasteiger partial charge on any atom is -0.370 e. The van der Waals surface area contributed by atoms with Gasteiger partial charge in [0.15, 0.2) is 5.96 Å². The molecule has 1 aromatic carbocycles. The highest BCUT2D eigenvalue weighted by Gasteiger charge is 2.11. The number of aromatic nitrogens is 2. The average Bonchev–Trinajstić information content (AvgIpc) is 2.85. The Hall–Kier alpha value is -1.35. The van der Waals surface area contributed by atoms with E-state index < -0.39 is 0 Å². The monoisotopic (exact) mass is 449 g/mol. The van der Waals surface area contributed by atoms with Crippen LogP contribution >= 0.6 is 35.6 Å². The maximum atomic E-state index is 5.95. The highest BCUT2D eigenvalue weighted by molar-refractivity contribution is 14.0. The van der Waals surface area contributed by atoms with E-state index >= 15 is 0 Å². The second kappa shape index (κ2) is 8.49. The summed E-state index contributed by atoms with van der Waals surface area (Å²) in [7, 11) is 0. The summed E-state index contributed by atoms with van der Waals surface area (Å²) in [4.78, 5) is 8.56. The Morgan fingerprint density at radius 3 is 2.78 bits per heavy atom. The van der Waals surface area contributed by atoms with Crippen LogP contribution in [0.5, 0.6) is 0 Å². The molecule has 0 aliphatic rings. The lowest BCUT2D eigenvalue weighted by Crippen LogP contribution is -2.45. The Morgan fingerprint density at radius 1 is 1.39 bits per heavy atom. The summed E-state index contributed by atoms with van der Waals surface area (Å²) < 4.78 is 5.21. The lowest BCUT2D eigenvalue weighted by Gasteiger charge is -2.20. The second-order valence-corrected chi connectivity index (χ2v) is 6.35. The first-order valence-corrected chi connectivity index (χ1v) is 7.38. The standard InChI is InChI=1S/C15H20ClN5O.HI/c1-15(2,3)20-14(17)18-8-7-12-19-13(21-22-12)10-5-4-6-11(16)9-10;/h4-6,9H,7-8H2,1-3H3,(H3,17,18,20);1H. The number of halogens is 2. The van der Waals surface area contributed by atoms with E-state index in [4.69, 9.17) is 21.9 Å². The zero-order valence-electron chi connectivity index (χ0n) is 13.3. The highest BCUT2D eigenvalue weighted by Crippen LogP contribution is 2.19. The van der Waals surface area contributed by atoms with Crippen molar-refractivity contribution in [2.24, 2.45) is 10.7 Å². The molecule has 0 aliphatic carbocycles. The third-order valence-corrected chi connectivity index (χ3v) is 2.90. The van der Waals surface area contributed by atoms with Gasteiger partial charge in [-0.05, 0) is 32.9 Å². The summed E-state index contributed by atoms with van der Waals surface area (Å²) in [5, 5.41) is 7.67. The van der Waals surface area contributed by atoms with E-state index in [9.17, 15) is 0 Å². The fraction of sp³-hybridized carbons (Fsp3) is 0.400. The Bertz CT molecular complexity index is 666. The van der Waals surface area contributed by atoms with Crippen molar-refractivity contribution in [2.45, 2.75) is 32.7 Å². The normalized spacial score (nSPS) is 11.9. The highest BCUT2D eigenvalue weighted by atomic mass is 127. The van der Waals surface area contributed by atoms with Gasteiger partial charge in [-0.15, -0.1) is 24.0 Å². The topological polar surface area (TPSA) is 89.3 Å². The Kier molecular flexibility index (Phi) is 7.27. The first-order valence-electron chi connectivity index (χ1n) is 7.00. The van der Waals surface area contributed by atoms with E-state index in [-0.39, 0.29) is 29.5 Å². The van der Waals surface area contributed by atoms with Crippen molar-refractivity contribution in [2.75, 3.05) is 6.54 Å². The largest absolute Gasteiger partial charge is 0.370 e. The van der Waals surface area contributed by atoms with Gasteiger partial charge < -0.3 is 15.6 Å². The number of nitrogens with one attached hydrogen (secondary N) is 1. The fourth-order valence-electron chi connectivity index (χ4n) is 1.80. The molecule has 0 unspecified atom stereocenters. The first-order chi connectivity index (χ1) is 10.3. The summed E-state index contributed by atoms with van der Waals surface area (Å²) in [6.45, 7) is 6.53. The third-order valence-electron chi connectivity index (χ3n) is 2.66. The molecule has 1 aromatic heterocycles. The maximum absolute atomic E-state index is 5.95. The van der Waals surface area contributed by atoms with E-state index in [2.05, 4.69) is 20.4 Å². The van der Waals surface area contributed by atoms with Crippen molar-refractivity contribution < 1.29 is 4.52 Å². The molecular weight excluding hydrogens is 429 g/mol. The molecule has 1 heterocycles. The average molecular weight is 450 g/mol. The molecule has 23 heavy (non-hydrogen) atoms. The molecule has 126 valence electrons. The number of hydrogen-bond donors (Lipinski definition) is 2. The van der Waals surface area contributed by atoms with Crippen molar-refractivity contribution in [1.82, 2.24) is 15.5 Å². The molecule has 2 aromatic rings. The van der Waals surface area contributed by atoms with Gasteiger partial charge in [-0.2, -0.15) is 4.98 Å². The van der Waals surface area contributed by atoms with Crippen molar-refractivity contribution in [3.63, 3.8) is 0 Å². The van der Waals surface area contributed by atoms with Crippen LogP contribution in [0.4, 0.5) is 0 Å². The molecule has 0 spiro atoms. The number of nitrogens with two attached hydrogens (primary N) is 1. The number of aliphatic imine (C=N–C) groups is 1. The van der Waals surface area contributed by atoms with Crippen molar-refractivity contribution >= 4 is 41.5 Å². The SMILES string of the molecule is CC(C)(C)NC(N)=NCCc1nc(-c2cccc(Cl)c2)no1.I. The van der Waals surface area contributed by atoms with Gasteiger partial charge in [-0.25, -0.2) is 0 Å². The zero-order valence-corrected chi connectivity index (χ0v) is 16.4. The molecule has 3 N–H and O–H groups in total. The molecule has 0 bridgehead atoms. The summed E-state index contributed by atoms with van der Waals surface area (Å²) in [6, 6.07) is 7.31. The molecule has 0 radical (unpaired) electrons. The van der Waals surface area contributed by atoms with Crippen LogP contribution in [0, 0.1) is 0 Å². The second-order valence-electron chi connectivity index (χ2n) is 5.91. The summed E-state index contributed by atoms with van der Waals surface area (Å²) >= 11 is 5.95. The quantitative estimate of drug-likeness (QED) is 0.425. The molecule has 0 aliphatic heterocycles. The Labute approximate surface area is 157 Å². The fourth-order valence-corrected chi connectivity index (χ4v) is 1.99. The minimum absolute atomic E-state index is 0. The van der Waals surface area contributed by atoms with Crippen LogP contribution in [0.15, 0.2) is 33.8 Å². The molecule has 0 atom stereocenters. The maximum Gasteiger partial charge on any atom is 0.228 e. The van der Waals surface area contributed by atoms with Crippen LogP contribution in [-0.2, 0) is 6.42 Å². The van der Waals surface area contributed by atoms with Crippen LogP contribution in [0.1, 0.15) is 26.7 Å². The lowest BCUT2D eigenvalue weighted by atomic mass is 10.1. The van der Waals surface area contributed by atoms with E-state index in [0.29, 0.717) is 35.7 Å². The van der Waals surface area contributed by atoms with Crippen molar-refractivity contribution in [3.8, 4) is 11.4 Å². The molecule has 2 rings (SSSR count). The number of hydrogen-bond acceptors (Lipinski definition) is 4. The number of nitrogens with zero attached hydrogens (tertiary/aromatic N) is 3. The van der Waals surface area contributed by atoms with Gasteiger partial charge in [-0.3, -0.25) is 4.99 Å². The van der Waals surface area contributed by atoms with Gasteiger partial charge in [0.1, 0.15) is 0 Å². The van der Waals surface area contributed by atoms with Crippen LogP contribution in [0.25, 0.3) is 11.4 Å². The summed E-state index contributed by atoms with van der Waals surface area (Å²) in [6.07, 6.45) is 0.528. The van der Waals surface area contributed by atoms with Crippen LogP contribution in [0.2, 0.25) is 5.02 Å². The predicted octanol–water partition coefficient (Wildman–Crippen LogP) is 3.25. The Balaban J connectivity index is 0.00000264. The number of rotatable bonds is 4. The number of guanidine groups is 1. The van der Waals surface area contributed by atoms with Crippen LogP contribution in [-0.4, -0.2) is 28.2 Å². The van der Waals surface area contributed by atoms with Crippen LogP contribution in [0.3, 0.4) is 0 Å². The van der Waals surface area contributed by atoms with E-state index in [1.807, 2.05) is 32.9 Å². The van der Waals surface area contributed by atoms with E-state index in [1.54, 1.807) is 12.1 Å². The molecule has 0 fully saturated rings. The van der Waals surface area contributed by atoms with Crippen LogP contribution < -0.4 is 11.1 Å². The smallest absolute Gasteiger partial charge is 0.228 e. The van der Waals surface area contributed by atoms with E-state index in [1.165, 1.54) is 0 Å². The van der Waals surface area contributed by atoms with Gasteiger partial charge in [0.25, 0.3) is 0 Å². The summed E-state index contributed by atoms with van der Waals surface area (Å²) in [5.41, 5.74) is 6.50. The van der Waals surface area contributed by atoms with Crippen molar-refractivity contribution in [1.29, 1.82) is 0 Å². The molecule has 0 amide bonds. The Morgan fingerprint density at radius 2 is 2.13 bits per heavy atom. The first kappa shape index (κ1) is 19.7. The third kappa shape index (κ3) is 6.74. The molecule has 0 saturated carbocycles. The van der Waals surface area contributed by atoms with Gasteiger partial charge in [0.05, 0.1) is 6.54 Å². The lowest BCUT2D eigenvalue weighted by molar-refractivity contribution is 0.380.